The Balaban J connectivity index is 1.88. The molecule has 0 saturated carbocycles. The van der Waals surface area contributed by atoms with Crippen molar-refractivity contribution in [1.82, 2.24) is 4.98 Å². The maximum Gasteiger partial charge on any atom is 0.416 e. The molecule has 3 rings (SSSR count). The molecule has 0 aliphatic heterocycles. The average molecular weight is 416 g/mol. The van der Waals surface area contributed by atoms with Gasteiger partial charge in [-0.3, -0.25) is 4.79 Å². The summed E-state index contributed by atoms with van der Waals surface area (Å²) in [5, 5.41) is 10.1. The maximum absolute atomic E-state index is 13.0. The summed E-state index contributed by atoms with van der Waals surface area (Å²) in [4.78, 5) is 15.5. The van der Waals surface area contributed by atoms with Gasteiger partial charge >= 0.3 is 6.18 Å². The zero-order valence-corrected chi connectivity index (χ0v) is 16.0. The lowest BCUT2D eigenvalue weighted by molar-refractivity contribution is -0.137. The van der Waals surface area contributed by atoms with E-state index in [1.807, 2.05) is 0 Å². The monoisotopic (exact) mass is 416 g/mol. The summed E-state index contributed by atoms with van der Waals surface area (Å²) in [6, 6.07) is 14.5. The molecule has 8 heteroatoms. The number of alkyl halides is 3. The van der Waals surface area contributed by atoms with Crippen LogP contribution in [0.2, 0.25) is 0 Å². The van der Waals surface area contributed by atoms with Gasteiger partial charge < -0.3 is 15.6 Å². The predicted molar refractivity (Wildman–Crippen MR) is 105 cm³/mol. The third kappa shape index (κ3) is 4.77. The first-order valence-corrected chi connectivity index (χ1v) is 9.13. The number of ether oxygens (including phenoxy) is 1. The molecule has 1 aromatic heterocycles. The van der Waals surface area contributed by atoms with E-state index >= 15 is 0 Å². The van der Waals surface area contributed by atoms with Gasteiger partial charge in [0, 0.05) is 11.1 Å². The van der Waals surface area contributed by atoms with Gasteiger partial charge in [0.15, 0.2) is 0 Å². The lowest BCUT2D eigenvalue weighted by Crippen LogP contribution is -2.12. The van der Waals surface area contributed by atoms with E-state index < -0.39 is 23.8 Å². The first kappa shape index (κ1) is 21.3. The van der Waals surface area contributed by atoms with E-state index in [-0.39, 0.29) is 23.4 Å². The SMILES string of the molecule is CCC(O)c1cc(C(F)(F)F)ccc1Oc1ccc(-c2cccc(C(N)=O)n2)cc1. The van der Waals surface area contributed by atoms with Gasteiger partial charge in [0.1, 0.15) is 17.2 Å². The Morgan fingerprint density at radius 2 is 1.83 bits per heavy atom. The first-order valence-electron chi connectivity index (χ1n) is 9.13. The number of aliphatic hydroxyl groups is 1. The Labute approximate surface area is 170 Å². The number of pyridine rings is 1. The molecule has 1 heterocycles. The average Bonchev–Trinajstić information content (AvgIpc) is 2.73. The Bertz CT molecular complexity index is 1050. The van der Waals surface area contributed by atoms with Crippen LogP contribution in [0, 0.1) is 0 Å². The molecular formula is C22H19F3N2O3. The fraction of sp³-hybridized carbons (Fsp3) is 0.182. The fourth-order valence-electron chi connectivity index (χ4n) is 2.85. The molecule has 5 nitrogen and oxygen atoms in total. The normalized spacial score (nSPS) is 12.4. The largest absolute Gasteiger partial charge is 0.457 e. The van der Waals surface area contributed by atoms with Crippen LogP contribution in [0.3, 0.4) is 0 Å². The molecule has 1 amide bonds. The maximum atomic E-state index is 13.0. The number of benzene rings is 2. The van der Waals surface area contributed by atoms with E-state index in [4.69, 9.17) is 10.5 Å². The molecule has 2 aromatic carbocycles. The molecule has 1 unspecified atom stereocenters. The molecule has 0 spiro atoms. The van der Waals surface area contributed by atoms with Gasteiger partial charge in [-0.05, 0) is 61.0 Å². The van der Waals surface area contributed by atoms with Crippen LogP contribution in [0.4, 0.5) is 13.2 Å². The van der Waals surface area contributed by atoms with Crippen LogP contribution in [0.15, 0.2) is 60.7 Å². The van der Waals surface area contributed by atoms with Crippen LogP contribution in [0.25, 0.3) is 11.3 Å². The lowest BCUT2D eigenvalue weighted by atomic mass is 10.0. The van der Waals surface area contributed by atoms with E-state index in [1.54, 1.807) is 43.3 Å². The van der Waals surface area contributed by atoms with Gasteiger partial charge in [0.05, 0.1) is 17.4 Å². The highest BCUT2D eigenvalue weighted by Gasteiger charge is 2.32. The standard InChI is InChI=1S/C22H19F3N2O3/c1-2-19(28)16-12-14(22(23,24)25)8-11-20(16)30-15-9-6-13(7-10-15)17-4-3-5-18(27-17)21(26)29/h3-12,19,28H,2H2,1H3,(H2,26,29). The smallest absolute Gasteiger partial charge is 0.416 e. The number of halogens is 3. The van der Waals surface area contributed by atoms with Gasteiger partial charge in [-0.15, -0.1) is 0 Å². The van der Waals surface area contributed by atoms with Crippen molar-refractivity contribution in [3.63, 3.8) is 0 Å². The number of rotatable bonds is 6. The second-order valence-electron chi connectivity index (χ2n) is 6.57. The highest BCUT2D eigenvalue weighted by Crippen LogP contribution is 2.37. The summed E-state index contributed by atoms with van der Waals surface area (Å²) in [7, 11) is 0. The number of nitrogens with zero attached hydrogens (tertiary/aromatic N) is 1. The fourth-order valence-corrected chi connectivity index (χ4v) is 2.85. The Morgan fingerprint density at radius 1 is 1.13 bits per heavy atom. The van der Waals surface area contributed by atoms with Crippen LogP contribution >= 0.6 is 0 Å². The van der Waals surface area contributed by atoms with Crippen LogP contribution in [-0.2, 0) is 6.18 Å². The molecule has 1 atom stereocenters. The number of primary amides is 1. The molecule has 3 aromatic rings. The molecule has 0 fully saturated rings. The summed E-state index contributed by atoms with van der Waals surface area (Å²) >= 11 is 0. The number of hydrogen-bond donors (Lipinski definition) is 2. The first-order chi connectivity index (χ1) is 14.2. The van der Waals surface area contributed by atoms with Gasteiger partial charge in [0.2, 0.25) is 0 Å². The molecule has 0 aliphatic rings. The molecule has 30 heavy (non-hydrogen) atoms. The van der Waals surface area contributed by atoms with Crippen molar-refractivity contribution in [3.8, 4) is 22.8 Å². The summed E-state index contributed by atoms with van der Waals surface area (Å²) in [6.07, 6.45) is -5.38. The van der Waals surface area contributed by atoms with E-state index in [0.29, 0.717) is 17.0 Å². The highest BCUT2D eigenvalue weighted by atomic mass is 19.4. The van der Waals surface area contributed by atoms with Crippen molar-refractivity contribution in [1.29, 1.82) is 0 Å². The van der Waals surface area contributed by atoms with Crippen LogP contribution in [-0.4, -0.2) is 16.0 Å². The van der Waals surface area contributed by atoms with Crippen LogP contribution < -0.4 is 10.5 Å². The Kier molecular flexibility index (Phi) is 6.07. The topological polar surface area (TPSA) is 85.4 Å². The van der Waals surface area contributed by atoms with Crippen LogP contribution in [0.1, 0.15) is 41.1 Å². The third-order valence-electron chi connectivity index (χ3n) is 4.46. The van der Waals surface area contributed by atoms with Crippen molar-refractivity contribution in [2.45, 2.75) is 25.6 Å². The summed E-state index contributed by atoms with van der Waals surface area (Å²) < 4.78 is 44.8. The van der Waals surface area contributed by atoms with Gasteiger partial charge in [0.25, 0.3) is 5.91 Å². The van der Waals surface area contributed by atoms with E-state index in [0.717, 1.165) is 12.1 Å². The molecule has 3 N–H and O–H groups in total. The van der Waals surface area contributed by atoms with Crippen molar-refractivity contribution in [2.75, 3.05) is 0 Å². The number of nitrogens with two attached hydrogens (primary N) is 1. The second kappa shape index (κ2) is 8.54. The van der Waals surface area contributed by atoms with Crippen molar-refractivity contribution in [2.24, 2.45) is 5.73 Å². The molecule has 156 valence electrons. The number of amides is 1. The van der Waals surface area contributed by atoms with Gasteiger partial charge in [-0.25, -0.2) is 4.98 Å². The molecule has 0 bridgehead atoms. The minimum Gasteiger partial charge on any atom is -0.457 e. The number of carbonyl (C=O) groups excluding carboxylic acids is 1. The zero-order valence-electron chi connectivity index (χ0n) is 16.0. The Hall–Kier alpha value is -3.39. The molecule has 0 radical (unpaired) electrons. The quantitative estimate of drug-likeness (QED) is 0.585. The minimum atomic E-state index is -4.52. The third-order valence-corrected chi connectivity index (χ3v) is 4.46. The number of aliphatic hydroxyl groups excluding tert-OH is 1. The van der Waals surface area contributed by atoms with Crippen LogP contribution in [0.5, 0.6) is 11.5 Å². The lowest BCUT2D eigenvalue weighted by Gasteiger charge is -2.17. The summed E-state index contributed by atoms with van der Waals surface area (Å²) in [5.41, 5.74) is 5.83. The van der Waals surface area contributed by atoms with E-state index in [2.05, 4.69) is 4.98 Å². The molecular weight excluding hydrogens is 397 g/mol. The van der Waals surface area contributed by atoms with Gasteiger partial charge in [-0.2, -0.15) is 13.2 Å². The van der Waals surface area contributed by atoms with E-state index in [1.165, 1.54) is 12.1 Å². The van der Waals surface area contributed by atoms with Crippen molar-refractivity contribution in [3.05, 3.63) is 77.5 Å². The summed E-state index contributed by atoms with van der Waals surface area (Å²) in [5.74, 6) is -0.130. The Morgan fingerprint density at radius 3 is 2.43 bits per heavy atom. The van der Waals surface area contributed by atoms with E-state index in [9.17, 15) is 23.1 Å². The summed E-state index contributed by atoms with van der Waals surface area (Å²) in [6.45, 7) is 1.66. The predicted octanol–water partition coefficient (Wildman–Crippen LogP) is 5.10. The highest BCUT2D eigenvalue weighted by molar-refractivity contribution is 5.91. The van der Waals surface area contributed by atoms with Crippen molar-refractivity contribution >= 4 is 5.91 Å². The molecule has 0 aliphatic carbocycles. The van der Waals surface area contributed by atoms with Crippen molar-refractivity contribution < 1.29 is 27.8 Å². The second-order valence-corrected chi connectivity index (χ2v) is 6.57. The zero-order chi connectivity index (χ0) is 21.9. The number of carbonyl (C=O) groups is 1. The number of aromatic nitrogens is 1. The molecule has 0 saturated heterocycles. The van der Waals surface area contributed by atoms with Gasteiger partial charge in [-0.1, -0.05) is 13.0 Å². The number of hydrogen-bond acceptors (Lipinski definition) is 4. The minimum absolute atomic E-state index is 0.0622.